The molecule has 0 aromatic heterocycles. The number of ether oxygens (including phenoxy) is 2. The van der Waals surface area contributed by atoms with E-state index in [1.807, 2.05) is 19.6 Å². The molecule has 0 radical (unpaired) electrons. The quantitative estimate of drug-likeness (QED) is 0.623. The molecule has 1 amide bonds. The van der Waals surface area contributed by atoms with Gasteiger partial charge < -0.3 is 14.8 Å². The summed E-state index contributed by atoms with van der Waals surface area (Å²) in [7, 11) is -0.584. The minimum absolute atomic E-state index is 0.421. The van der Waals surface area contributed by atoms with Gasteiger partial charge in [-0.2, -0.15) is 0 Å². The third-order valence-electron chi connectivity index (χ3n) is 1.96. The first-order valence-corrected chi connectivity index (χ1v) is 9.12. The van der Waals surface area contributed by atoms with E-state index in [9.17, 15) is 9.59 Å². The van der Waals surface area contributed by atoms with E-state index in [1.54, 1.807) is 20.8 Å². The number of alkyl carbamates (subject to hydrolysis) is 1. The van der Waals surface area contributed by atoms with Gasteiger partial charge in [0.15, 0.2) is 0 Å². The molecule has 0 saturated carbocycles. The van der Waals surface area contributed by atoms with Crippen molar-refractivity contribution in [2.45, 2.75) is 51.7 Å². The molecule has 0 aliphatic carbocycles. The zero-order valence-electron chi connectivity index (χ0n) is 11.7. The number of esters is 1. The summed E-state index contributed by atoms with van der Waals surface area (Å²) in [5, 5.41) is 2.59. The molecule has 0 aromatic rings. The zero-order valence-corrected chi connectivity index (χ0v) is 12.7. The van der Waals surface area contributed by atoms with E-state index in [-0.39, 0.29) is 0 Å². The van der Waals surface area contributed by atoms with Gasteiger partial charge in [0.25, 0.3) is 0 Å². The molecule has 0 aromatic carbocycles. The predicted octanol–water partition coefficient (Wildman–Crippen LogP) is 1.93. The monoisotopic (exact) mass is 261 g/mol. The van der Waals surface area contributed by atoms with E-state index in [0.29, 0.717) is 0 Å². The van der Waals surface area contributed by atoms with Crippen LogP contribution in [0.4, 0.5) is 4.79 Å². The number of carbonyl (C=O) groups excluding carboxylic acids is 2. The van der Waals surface area contributed by atoms with Crippen molar-refractivity contribution in [3.8, 4) is 0 Å². The number of hydrogen-bond donors (Lipinski definition) is 1. The van der Waals surface area contributed by atoms with Gasteiger partial charge in [0.05, 0.1) is 15.2 Å². The molecular formula is C11H23NO4Si. The molecule has 0 saturated heterocycles. The lowest BCUT2D eigenvalue weighted by molar-refractivity contribution is -0.141. The third-order valence-corrected chi connectivity index (χ3v) is 4.08. The number of hydrogen-bond acceptors (Lipinski definition) is 4. The second-order valence-corrected chi connectivity index (χ2v) is 11.3. The smallest absolute Gasteiger partial charge is 0.408 e. The average Bonchev–Trinajstić information content (AvgIpc) is 2.08. The van der Waals surface area contributed by atoms with E-state index < -0.39 is 31.4 Å². The fraction of sp³-hybridized carbons (Fsp3) is 0.818. The van der Waals surface area contributed by atoms with Gasteiger partial charge in [0.1, 0.15) is 11.3 Å². The van der Waals surface area contributed by atoms with Crippen molar-refractivity contribution in [2.24, 2.45) is 0 Å². The van der Waals surface area contributed by atoms with Gasteiger partial charge in [0, 0.05) is 0 Å². The number of rotatable bonds is 3. The standard InChI is InChI=1S/C11H23NO4Si/c1-11(2,3)16-10(14)12-8(9(13)15-4)17(5,6)7/h8H,1-7H3,(H,12,14). The lowest BCUT2D eigenvalue weighted by atomic mass is 10.2. The molecule has 0 aliphatic heterocycles. The van der Waals surface area contributed by atoms with Crippen LogP contribution >= 0.6 is 0 Å². The highest BCUT2D eigenvalue weighted by atomic mass is 28.3. The van der Waals surface area contributed by atoms with Gasteiger partial charge in [-0.1, -0.05) is 19.6 Å². The Balaban J connectivity index is 4.67. The Morgan fingerprint density at radius 3 is 1.94 bits per heavy atom. The van der Waals surface area contributed by atoms with Crippen molar-refractivity contribution in [3.63, 3.8) is 0 Å². The van der Waals surface area contributed by atoms with Gasteiger partial charge in [-0.05, 0) is 20.8 Å². The van der Waals surface area contributed by atoms with Crippen LogP contribution in [0.5, 0.6) is 0 Å². The Morgan fingerprint density at radius 2 is 1.65 bits per heavy atom. The van der Waals surface area contributed by atoms with Crippen LogP contribution < -0.4 is 5.32 Å². The van der Waals surface area contributed by atoms with Crippen molar-refractivity contribution < 1.29 is 19.1 Å². The lowest BCUT2D eigenvalue weighted by Gasteiger charge is -2.28. The molecular weight excluding hydrogens is 238 g/mol. The molecule has 100 valence electrons. The fourth-order valence-electron chi connectivity index (χ4n) is 1.17. The fourth-order valence-corrected chi connectivity index (χ4v) is 2.55. The van der Waals surface area contributed by atoms with Crippen LogP contribution in [0.25, 0.3) is 0 Å². The van der Waals surface area contributed by atoms with Gasteiger partial charge in [-0.25, -0.2) is 4.79 Å². The molecule has 1 atom stereocenters. The van der Waals surface area contributed by atoms with Crippen molar-refractivity contribution >= 4 is 20.1 Å². The summed E-state index contributed by atoms with van der Waals surface area (Å²) in [6.45, 7) is 11.3. The highest BCUT2D eigenvalue weighted by molar-refractivity contribution is 6.80. The highest BCUT2D eigenvalue weighted by Crippen LogP contribution is 2.12. The summed E-state index contributed by atoms with van der Waals surface area (Å²) in [4.78, 5) is 23.2. The third kappa shape index (κ3) is 6.30. The van der Waals surface area contributed by atoms with E-state index >= 15 is 0 Å². The highest BCUT2D eigenvalue weighted by Gasteiger charge is 2.36. The molecule has 0 rings (SSSR count). The zero-order chi connectivity index (χ0) is 13.9. The maximum absolute atomic E-state index is 11.6. The van der Waals surface area contributed by atoms with Crippen LogP contribution in [0.2, 0.25) is 19.6 Å². The van der Waals surface area contributed by atoms with E-state index in [0.717, 1.165) is 0 Å². The summed E-state index contributed by atoms with van der Waals surface area (Å²) >= 11 is 0. The normalized spacial score (nSPS) is 13.8. The number of amides is 1. The minimum Gasteiger partial charge on any atom is -0.468 e. The minimum atomic E-state index is -1.90. The molecule has 0 spiro atoms. The largest absolute Gasteiger partial charge is 0.468 e. The van der Waals surface area contributed by atoms with Crippen LogP contribution in [0.15, 0.2) is 0 Å². The van der Waals surface area contributed by atoms with Crippen molar-refractivity contribution in [1.82, 2.24) is 5.32 Å². The van der Waals surface area contributed by atoms with Crippen LogP contribution in [0.1, 0.15) is 20.8 Å². The SMILES string of the molecule is COC(=O)C(NC(=O)OC(C)(C)C)[Si](C)(C)C. The van der Waals surface area contributed by atoms with Crippen molar-refractivity contribution in [2.75, 3.05) is 7.11 Å². The molecule has 6 heteroatoms. The maximum Gasteiger partial charge on any atom is 0.408 e. The summed E-state index contributed by atoms with van der Waals surface area (Å²) in [6.07, 6.45) is -0.588. The van der Waals surface area contributed by atoms with Crippen molar-refractivity contribution in [3.05, 3.63) is 0 Å². The molecule has 0 fully saturated rings. The second kappa shape index (κ2) is 5.53. The van der Waals surface area contributed by atoms with Crippen molar-refractivity contribution in [1.29, 1.82) is 0 Å². The second-order valence-electron chi connectivity index (χ2n) is 5.97. The number of nitrogens with one attached hydrogen (secondary N) is 1. The van der Waals surface area contributed by atoms with Crippen LogP contribution in [-0.4, -0.2) is 38.5 Å². The molecule has 0 bridgehead atoms. The average molecular weight is 261 g/mol. The summed E-state index contributed by atoms with van der Waals surface area (Å²) in [5.41, 5.74) is -1.17. The first-order valence-electron chi connectivity index (χ1n) is 5.54. The summed E-state index contributed by atoms with van der Waals surface area (Å²) < 4.78 is 9.82. The van der Waals surface area contributed by atoms with E-state index in [1.165, 1.54) is 7.11 Å². The van der Waals surface area contributed by atoms with Crippen LogP contribution in [0, 0.1) is 0 Å². The topological polar surface area (TPSA) is 64.6 Å². The molecule has 1 unspecified atom stereocenters. The Labute approximate surface area is 104 Å². The van der Waals surface area contributed by atoms with Crippen LogP contribution in [0.3, 0.4) is 0 Å². The number of methoxy groups -OCH3 is 1. The van der Waals surface area contributed by atoms with Gasteiger partial charge in [0.2, 0.25) is 0 Å². The maximum atomic E-state index is 11.6. The molecule has 5 nitrogen and oxygen atoms in total. The lowest BCUT2D eigenvalue weighted by Crippen LogP contribution is -2.56. The Kier molecular flexibility index (Phi) is 5.19. The Hall–Kier alpha value is -1.04. The van der Waals surface area contributed by atoms with E-state index in [2.05, 4.69) is 5.32 Å². The molecule has 17 heavy (non-hydrogen) atoms. The van der Waals surface area contributed by atoms with E-state index in [4.69, 9.17) is 9.47 Å². The van der Waals surface area contributed by atoms with Gasteiger partial charge in [-0.3, -0.25) is 4.79 Å². The van der Waals surface area contributed by atoms with Crippen LogP contribution in [-0.2, 0) is 14.3 Å². The first kappa shape index (κ1) is 16.0. The Bertz CT molecular complexity index is 291. The predicted molar refractivity (Wildman–Crippen MR) is 68.5 cm³/mol. The summed E-state index contributed by atoms with van der Waals surface area (Å²) in [6, 6.07) is 0. The van der Waals surface area contributed by atoms with Gasteiger partial charge >= 0.3 is 12.1 Å². The first-order chi connectivity index (χ1) is 7.47. The Morgan fingerprint density at radius 1 is 1.18 bits per heavy atom. The number of carbonyl (C=O) groups is 2. The van der Waals surface area contributed by atoms with Gasteiger partial charge in [-0.15, -0.1) is 0 Å². The molecule has 0 aliphatic rings. The molecule has 1 N–H and O–H groups in total. The molecule has 0 heterocycles. The summed E-state index contributed by atoms with van der Waals surface area (Å²) in [5.74, 6) is -0.421.